The first-order valence-corrected chi connectivity index (χ1v) is 11.0. The van der Waals surface area contributed by atoms with Gasteiger partial charge < -0.3 is 29.7 Å². The summed E-state index contributed by atoms with van der Waals surface area (Å²) in [5.41, 5.74) is 1.96. The zero-order valence-electron chi connectivity index (χ0n) is 17.8. The molecule has 2 aliphatic heterocycles. The molecule has 0 radical (unpaired) electrons. The second-order valence-corrected chi connectivity index (χ2v) is 7.93. The van der Waals surface area contributed by atoms with Gasteiger partial charge in [-0.2, -0.15) is 0 Å². The Hall–Kier alpha value is -2.61. The van der Waals surface area contributed by atoms with Crippen molar-refractivity contribution in [1.82, 2.24) is 5.32 Å². The molecule has 31 heavy (non-hydrogen) atoms. The first-order valence-electron chi connectivity index (χ1n) is 11.0. The van der Waals surface area contributed by atoms with Gasteiger partial charge in [-0.3, -0.25) is 4.79 Å². The highest BCUT2D eigenvalue weighted by molar-refractivity contribution is 5.92. The quantitative estimate of drug-likeness (QED) is 0.678. The van der Waals surface area contributed by atoms with Gasteiger partial charge in [0.1, 0.15) is 5.75 Å². The number of nitrogens with zero attached hydrogens (tertiary/aromatic N) is 1. The smallest absolute Gasteiger partial charge is 0.262 e. The van der Waals surface area contributed by atoms with Gasteiger partial charge in [0, 0.05) is 37.1 Å². The molecule has 2 aromatic carbocycles. The van der Waals surface area contributed by atoms with Crippen LogP contribution in [0.3, 0.4) is 0 Å². The topological polar surface area (TPSA) is 72.1 Å². The highest BCUT2D eigenvalue weighted by atomic mass is 16.6. The third kappa shape index (κ3) is 6.69. The zero-order chi connectivity index (χ0) is 21.3. The van der Waals surface area contributed by atoms with Gasteiger partial charge in [-0.1, -0.05) is 18.2 Å². The van der Waals surface area contributed by atoms with Crippen LogP contribution >= 0.6 is 0 Å². The summed E-state index contributed by atoms with van der Waals surface area (Å²) in [7, 11) is 0. The summed E-state index contributed by atoms with van der Waals surface area (Å²) in [4.78, 5) is 14.5. The molecule has 4 rings (SSSR count). The molecule has 2 saturated heterocycles. The number of carbonyl (C=O) groups is 1. The fourth-order valence-corrected chi connectivity index (χ4v) is 3.91. The number of rotatable bonds is 8. The number of ether oxygens (including phenoxy) is 3. The number of piperidine rings is 1. The average molecular weight is 426 g/mol. The molecule has 2 fully saturated rings. The lowest BCUT2D eigenvalue weighted by Crippen LogP contribution is -2.46. The van der Waals surface area contributed by atoms with Crippen LogP contribution in [-0.4, -0.2) is 64.1 Å². The lowest BCUT2D eigenvalue weighted by Gasteiger charge is -2.35. The molecule has 0 aliphatic carbocycles. The average Bonchev–Trinajstić information content (AvgIpc) is 2.84. The maximum absolute atomic E-state index is 12.1. The van der Waals surface area contributed by atoms with Crippen molar-refractivity contribution in [3.05, 3.63) is 54.6 Å². The normalized spacial score (nSPS) is 19.7. The van der Waals surface area contributed by atoms with Crippen molar-refractivity contribution in [3.63, 3.8) is 0 Å². The number of hydrogen-bond donors (Lipinski definition) is 2. The molecule has 2 N–H and O–H groups in total. The summed E-state index contributed by atoms with van der Waals surface area (Å²) < 4.78 is 16.6. The van der Waals surface area contributed by atoms with E-state index in [1.54, 1.807) is 0 Å². The first-order chi connectivity index (χ1) is 15.3. The Kier molecular flexibility index (Phi) is 7.76. The Labute approximate surface area is 183 Å². The predicted molar refractivity (Wildman–Crippen MR) is 121 cm³/mol. The molecule has 0 spiro atoms. The van der Waals surface area contributed by atoms with Gasteiger partial charge in [0.25, 0.3) is 5.91 Å². The molecule has 0 unspecified atom stereocenters. The van der Waals surface area contributed by atoms with Crippen LogP contribution in [0.15, 0.2) is 54.6 Å². The lowest BCUT2D eigenvalue weighted by atomic mass is 10.0. The van der Waals surface area contributed by atoms with E-state index in [9.17, 15) is 4.79 Å². The van der Waals surface area contributed by atoms with Gasteiger partial charge in [-0.05, 0) is 49.2 Å². The molecule has 7 nitrogen and oxygen atoms in total. The Morgan fingerprint density at radius 3 is 2.52 bits per heavy atom. The fraction of sp³-hybridized carbons (Fsp3) is 0.458. The number of nitrogens with one attached hydrogen (secondary N) is 2. The number of para-hydroxylation sites is 1. The van der Waals surface area contributed by atoms with Crippen molar-refractivity contribution < 1.29 is 19.0 Å². The van der Waals surface area contributed by atoms with Crippen molar-refractivity contribution >= 4 is 17.3 Å². The molecule has 0 bridgehead atoms. The van der Waals surface area contributed by atoms with Crippen LogP contribution in [0.2, 0.25) is 0 Å². The van der Waals surface area contributed by atoms with E-state index in [-0.39, 0.29) is 18.6 Å². The van der Waals surface area contributed by atoms with Crippen molar-refractivity contribution in [2.45, 2.75) is 25.0 Å². The number of benzene rings is 2. The van der Waals surface area contributed by atoms with Gasteiger partial charge in [0.05, 0.1) is 25.9 Å². The first kappa shape index (κ1) is 21.6. The van der Waals surface area contributed by atoms with E-state index in [4.69, 9.17) is 14.2 Å². The highest BCUT2D eigenvalue weighted by Gasteiger charge is 2.21. The molecular formula is C24H31N3O4. The Morgan fingerprint density at radius 1 is 1.03 bits per heavy atom. The molecular weight excluding hydrogens is 394 g/mol. The van der Waals surface area contributed by atoms with Gasteiger partial charge >= 0.3 is 0 Å². The molecule has 0 aromatic heterocycles. The summed E-state index contributed by atoms with van der Waals surface area (Å²) in [5.74, 6) is 0.515. The lowest BCUT2D eigenvalue weighted by molar-refractivity contribution is -0.118. The summed E-state index contributed by atoms with van der Waals surface area (Å²) in [6, 6.07) is 17.9. The Bertz CT molecular complexity index is 801. The second-order valence-electron chi connectivity index (χ2n) is 7.93. The third-order valence-electron chi connectivity index (χ3n) is 5.64. The van der Waals surface area contributed by atoms with Gasteiger partial charge in [-0.15, -0.1) is 0 Å². The summed E-state index contributed by atoms with van der Waals surface area (Å²) in [6.07, 6.45) is 2.37. The minimum absolute atomic E-state index is 0.00962. The van der Waals surface area contributed by atoms with Crippen molar-refractivity contribution in [2.24, 2.45) is 0 Å². The van der Waals surface area contributed by atoms with Crippen LogP contribution in [-0.2, 0) is 14.3 Å². The molecule has 2 heterocycles. The van der Waals surface area contributed by atoms with Crippen molar-refractivity contribution in [2.75, 3.05) is 56.3 Å². The highest BCUT2D eigenvalue weighted by Crippen LogP contribution is 2.22. The van der Waals surface area contributed by atoms with Crippen molar-refractivity contribution in [1.29, 1.82) is 0 Å². The van der Waals surface area contributed by atoms with E-state index < -0.39 is 0 Å². The second kappa shape index (κ2) is 11.1. The monoisotopic (exact) mass is 425 g/mol. The molecule has 2 aromatic rings. The molecule has 0 saturated carbocycles. The summed E-state index contributed by atoms with van der Waals surface area (Å²) >= 11 is 0. The van der Waals surface area contributed by atoms with E-state index in [0.29, 0.717) is 31.6 Å². The zero-order valence-corrected chi connectivity index (χ0v) is 17.8. The number of hydrogen-bond acceptors (Lipinski definition) is 6. The van der Waals surface area contributed by atoms with Crippen LogP contribution in [0, 0.1) is 0 Å². The molecule has 7 heteroatoms. The fourth-order valence-electron chi connectivity index (χ4n) is 3.91. The Balaban J connectivity index is 1.17. The van der Waals surface area contributed by atoms with Gasteiger partial charge in [0.15, 0.2) is 6.61 Å². The molecule has 1 amide bonds. The molecule has 1 atom stereocenters. The van der Waals surface area contributed by atoms with Crippen LogP contribution in [0.5, 0.6) is 5.75 Å². The summed E-state index contributed by atoms with van der Waals surface area (Å²) in [6.45, 7) is 4.96. The van der Waals surface area contributed by atoms with E-state index >= 15 is 0 Å². The van der Waals surface area contributed by atoms with Crippen LogP contribution in [0.4, 0.5) is 11.4 Å². The largest absolute Gasteiger partial charge is 0.484 e. The number of anilines is 2. The third-order valence-corrected chi connectivity index (χ3v) is 5.64. The number of amides is 1. The maximum atomic E-state index is 12.1. The SMILES string of the molecule is O=C(COc1ccccc1)Nc1ccc(N2CCC(NC[C@@H]3COCCO3)CC2)cc1. The standard InChI is InChI=1S/C24H31N3O4/c28-24(18-31-22-4-2-1-3-5-22)26-20-6-8-21(9-7-20)27-12-10-19(11-13-27)25-16-23-17-29-14-15-30-23/h1-9,19,23,25H,10-18H2,(H,26,28)/t23-/m1/s1. The minimum Gasteiger partial charge on any atom is -0.484 e. The summed E-state index contributed by atoms with van der Waals surface area (Å²) in [5, 5.41) is 6.51. The van der Waals surface area contributed by atoms with Crippen molar-refractivity contribution in [3.8, 4) is 5.75 Å². The Morgan fingerprint density at radius 2 is 1.81 bits per heavy atom. The van der Waals surface area contributed by atoms with Gasteiger partial charge in [-0.25, -0.2) is 0 Å². The number of carbonyl (C=O) groups excluding carboxylic acids is 1. The van der Waals surface area contributed by atoms with E-state index in [1.807, 2.05) is 42.5 Å². The minimum atomic E-state index is -0.171. The van der Waals surface area contributed by atoms with E-state index in [0.717, 1.165) is 38.2 Å². The van der Waals surface area contributed by atoms with E-state index in [1.165, 1.54) is 5.69 Å². The predicted octanol–water partition coefficient (Wildman–Crippen LogP) is 2.68. The van der Waals surface area contributed by atoms with Crippen LogP contribution in [0.25, 0.3) is 0 Å². The van der Waals surface area contributed by atoms with E-state index in [2.05, 4.69) is 27.7 Å². The van der Waals surface area contributed by atoms with Crippen LogP contribution in [0.1, 0.15) is 12.8 Å². The molecule has 166 valence electrons. The maximum Gasteiger partial charge on any atom is 0.262 e. The molecule has 2 aliphatic rings. The van der Waals surface area contributed by atoms with Gasteiger partial charge in [0.2, 0.25) is 0 Å². The van der Waals surface area contributed by atoms with Crippen LogP contribution < -0.4 is 20.3 Å².